The van der Waals surface area contributed by atoms with E-state index in [9.17, 15) is 5.11 Å². The van der Waals surface area contributed by atoms with E-state index in [2.05, 4.69) is 13.8 Å². The van der Waals surface area contributed by atoms with Gasteiger partial charge in [0.1, 0.15) is 0 Å². The van der Waals surface area contributed by atoms with Crippen molar-refractivity contribution in [1.29, 1.82) is 0 Å². The summed E-state index contributed by atoms with van der Waals surface area (Å²) in [5, 5.41) is 10.4. The molecule has 76 valence electrons. The molecule has 2 rings (SSSR count). The van der Waals surface area contributed by atoms with Gasteiger partial charge in [0.05, 0.1) is 5.60 Å². The summed E-state index contributed by atoms with van der Waals surface area (Å²) in [6.45, 7) is 4.28. The lowest BCUT2D eigenvalue weighted by atomic mass is 9.60. The Bertz CT molecular complexity index is 186. The summed E-state index contributed by atoms with van der Waals surface area (Å²) in [7, 11) is 0. The number of fused-ring (bicyclic) bond motifs is 1. The minimum atomic E-state index is -0.372. The molecule has 2 aliphatic rings. The smallest absolute Gasteiger partial charge is 0.0675 e. The maximum atomic E-state index is 10.4. The third kappa shape index (κ3) is 1.52. The molecular weight excluding hydrogens is 160 g/mol. The highest BCUT2D eigenvalue weighted by atomic mass is 16.3. The molecule has 0 aliphatic heterocycles. The minimum absolute atomic E-state index is 0.372. The molecule has 2 aliphatic carbocycles. The summed E-state index contributed by atoms with van der Waals surface area (Å²) < 4.78 is 0. The van der Waals surface area contributed by atoms with Crippen LogP contribution in [0.25, 0.3) is 0 Å². The Balaban J connectivity index is 2.14. The van der Waals surface area contributed by atoms with Gasteiger partial charge in [-0.3, -0.25) is 0 Å². The standard InChI is InChI=1S/C12H22O/c1-9-7-8-10-5-3-4-6-11(10)12(9,2)13/h9-11,13H,3-8H2,1-2H3/t9-,10+,11-,12+/m1/s1. The lowest BCUT2D eigenvalue weighted by Crippen LogP contribution is -2.49. The molecule has 0 bridgehead atoms. The maximum absolute atomic E-state index is 10.4. The summed E-state index contributed by atoms with van der Waals surface area (Å²) in [6, 6.07) is 0. The molecule has 2 saturated carbocycles. The third-order valence-corrected chi connectivity index (χ3v) is 4.63. The van der Waals surface area contributed by atoms with Crippen molar-refractivity contribution in [2.75, 3.05) is 0 Å². The zero-order valence-corrected chi connectivity index (χ0v) is 8.92. The van der Waals surface area contributed by atoms with Crippen LogP contribution in [0.5, 0.6) is 0 Å². The van der Waals surface area contributed by atoms with Gasteiger partial charge in [0.15, 0.2) is 0 Å². The fourth-order valence-electron chi connectivity index (χ4n) is 3.44. The van der Waals surface area contributed by atoms with Crippen LogP contribution in [0.2, 0.25) is 0 Å². The largest absolute Gasteiger partial charge is 0.390 e. The number of hydrogen-bond acceptors (Lipinski definition) is 1. The van der Waals surface area contributed by atoms with Crippen LogP contribution in [0.1, 0.15) is 52.4 Å². The summed E-state index contributed by atoms with van der Waals surface area (Å²) in [5.41, 5.74) is -0.372. The van der Waals surface area contributed by atoms with E-state index in [1.165, 1.54) is 38.5 Å². The van der Waals surface area contributed by atoms with Crippen molar-refractivity contribution in [3.8, 4) is 0 Å². The molecule has 0 heterocycles. The Kier molecular flexibility index (Phi) is 2.39. The predicted octanol–water partition coefficient (Wildman–Crippen LogP) is 2.97. The average Bonchev–Trinajstić information content (AvgIpc) is 2.13. The van der Waals surface area contributed by atoms with E-state index in [4.69, 9.17) is 0 Å². The first-order chi connectivity index (χ1) is 6.12. The van der Waals surface area contributed by atoms with Crippen molar-refractivity contribution in [3.05, 3.63) is 0 Å². The maximum Gasteiger partial charge on any atom is 0.0675 e. The monoisotopic (exact) mass is 182 g/mol. The minimum Gasteiger partial charge on any atom is -0.390 e. The van der Waals surface area contributed by atoms with Gasteiger partial charge < -0.3 is 5.11 Å². The fourth-order valence-corrected chi connectivity index (χ4v) is 3.44. The first-order valence-corrected chi connectivity index (χ1v) is 5.84. The Morgan fingerprint density at radius 1 is 1.08 bits per heavy atom. The van der Waals surface area contributed by atoms with Crippen molar-refractivity contribution in [1.82, 2.24) is 0 Å². The summed E-state index contributed by atoms with van der Waals surface area (Å²) in [4.78, 5) is 0. The van der Waals surface area contributed by atoms with E-state index in [0.717, 1.165) is 5.92 Å². The predicted molar refractivity (Wildman–Crippen MR) is 54.5 cm³/mol. The molecule has 1 heteroatoms. The van der Waals surface area contributed by atoms with Crippen LogP contribution in [0.15, 0.2) is 0 Å². The van der Waals surface area contributed by atoms with E-state index in [-0.39, 0.29) is 5.60 Å². The zero-order valence-electron chi connectivity index (χ0n) is 8.92. The molecule has 1 nitrogen and oxygen atoms in total. The third-order valence-electron chi connectivity index (χ3n) is 4.63. The molecule has 4 atom stereocenters. The van der Waals surface area contributed by atoms with Crippen molar-refractivity contribution < 1.29 is 5.11 Å². The number of hydrogen-bond donors (Lipinski definition) is 1. The molecule has 0 amide bonds. The second-order valence-electron chi connectivity index (χ2n) is 5.36. The Hall–Kier alpha value is -0.0400. The summed E-state index contributed by atoms with van der Waals surface area (Å²) in [5.74, 6) is 1.94. The molecule has 0 spiro atoms. The molecule has 1 N–H and O–H groups in total. The summed E-state index contributed by atoms with van der Waals surface area (Å²) in [6.07, 6.45) is 7.96. The quantitative estimate of drug-likeness (QED) is 0.610. The van der Waals surface area contributed by atoms with Crippen molar-refractivity contribution in [3.63, 3.8) is 0 Å². The van der Waals surface area contributed by atoms with Gasteiger partial charge >= 0.3 is 0 Å². The van der Waals surface area contributed by atoms with E-state index < -0.39 is 0 Å². The van der Waals surface area contributed by atoms with Crippen LogP contribution in [-0.4, -0.2) is 10.7 Å². The molecule has 0 saturated heterocycles. The second kappa shape index (κ2) is 3.27. The summed E-state index contributed by atoms with van der Waals surface area (Å²) >= 11 is 0. The fraction of sp³-hybridized carbons (Fsp3) is 1.00. The topological polar surface area (TPSA) is 20.2 Å². The Morgan fingerprint density at radius 3 is 2.54 bits per heavy atom. The van der Waals surface area contributed by atoms with Gasteiger partial charge in [-0.15, -0.1) is 0 Å². The molecule has 0 radical (unpaired) electrons. The molecular formula is C12H22O. The first-order valence-electron chi connectivity index (χ1n) is 5.84. The van der Waals surface area contributed by atoms with E-state index in [1.54, 1.807) is 0 Å². The SMILES string of the molecule is C[C@@H]1CC[C@@H]2CCCC[C@H]2[C@@]1(C)O. The number of aliphatic hydroxyl groups is 1. The van der Waals surface area contributed by atoms with E-state index in [0.29, 0.717) is 11.8 Å². The van der Waals surface area contributed by atoms with Gasteiger partial charge in [0.2, 0.25) is 0 Å². The highest BCUT2D eigenvalue weighted by molar-refractivity contribution is 4.96. The molecule has 0 aromatic heterocycles. The molecule has 0 aromatic carbocycles. The lowest BCUT2D eigenvalue weighted by Gasteiger charge is -2.49. The van der Waals surface area contributed by atoms with Crippen molar-refractivity contribution in [2.24, 2.45) is 17.8 Å². The van der Waals surface area contributed by atoms with E-state index in [1.807, 2.05) is 0 Å². The van der Waals surface area contributed by atoms with Crippen LogP contribution < -0.4 is 0 Å². The lowest BCUT2D eigenvalue weighted by molar-refractivity contribution is -0.110. The van der Waals surface area contributed by atoms with Gasteiger partial charge in [0, 0.05) is 0 Å². The van der Waals surface area contributed by atoms with Gasteiger partial charge in [-0.25, -0.2) is 0 Å². The van der Waals surface area contributed by atoms with Crippen LogP contribution in [0.4, 0.5) is 0 Å². The average molecular weight is 182 g/mol. The molecule has 0 unspecified atom stereocenters. The Labute approximate surface area is 81.5 Å². The van der Waals surface area contributed by atoms with Gasteiger partial charge in [0.25, 0.3) is 0 Å². The van der Waals surface area contributed by atoms with Crippen LogP contribution in [-0.2, 0) is 0 Å². The van der Waals surface area contributed by atoms with Crippen molar-refractivity contribution in [2.45, 2.75) is 58.0 Å². The normalized spacial score (nSPS) is 51.5. The number of rotatable bonds is 0. The van der Waals surface area contributed by atoms with Crippen LogP contribution >= 0.6 is 0 Å². The van der Waals surface area contributed by atoms with Gasteiger partial charge in [-0.05, 0) is 43.9 Å². The molecule has 2 fully saturated rings. The van der Waals surface area contributed by atoms with E-state index >= 15 is 0 Å². The highest BCUT2D eigenvalue weighted by Crippen LogP contribution is 2.48. The zero-order chi connectivity index (χ0) is 9.47. The van der Waals surface area contributed by atoms with Crippen LogP contribution in [0.3, 0.4) is 0 Å². The first kappa shape index (κ1) is 9.51. The molecule has 13 heavy (non-hydrogen) atoms. The highest BCUT2D eigenvalue weighted by Gasteiger charge is 2.45. The molecule has 0 aromatic rings. The van der Waals surface area contributed by atoms with Crippen molar-refractivity contribution >= 4 is 0 Å². The second-order valence-corrected chi connectivity index (χ2v) is 5.36. The van der Waals surface area contributed by atoms with Gasteiger partial charge in [-0.2, -0.15) is 0 Å². The van der Waals surface area contributed by atoms with Crippen LogP contribution in [0, 0.1) is 17.8 Å². The Morgan fingerprint density at radius 2 is 1.77 bits per heavy atom. The van der Waals surface area contributed by atoms with Gasteiger partial charge in [-0.1, -0.05) is 26.2 Å².